The third kappa shape index (κ3) is 4.51. The van der Waals surface area contributed by atoms with Crippen molar-refractivity contribution in [1.29, 1.82) is 0 Å². The lowest BCUT2D eigenvalue weighted by molar-refractivity contribution is -0.139. The van der Waals surface area contributed by atoms with Gasteiger partial charge in [0.2, 0.25) is 5.91 Å². The number of halogens is 1. The summed E-state index contributed by atoms with van der Waals surface area (Å²) in [5.41, 5.74) is 4.97. The van der Waals surface area contributed by atoms with E-state index in [-0.39, 0.29) is 11.9 Å². The summed E-state index contributed by atoms with van der Waals surface area (Å²) in [7, 11) is 3.98. The predicted octanol–water partition coefficient (Wildman–Crippen LogP) is 3.74. The lowest BCUT2D eigenvalue weighted by atomic mass is 9.93. The smallest absolute Gasteiger partial charge is 0.246 e. The molecule has 2 aromatic heterocycles. The van der Waals surface area contributed by atoms with Crippen LogP contribution in [0.3, 0.4) is 0 Å². The van der Waals surface area contributed by atoms with Crippen LogP contribution in [0, 0.1) is 5.92 Å². The van der Waals surface area contributed by atoms with Crippen molar-refractivity contribution in [2.45, 2.75) is 19.1 Å². The first-order chi connectivity index (χ1) is 16.5. The Hall–Kier alpha value is -3.00. The average molecular weight is 478 g/mol. The molecule has 1 atom stereocenters. The Morgan fingerprint density at radius 3 is 2.53 bits per heavy atom. The van der Waals surface area contributed by atoms with Crippen LogP contribution in [-0.2, 0) is 22.6 Å². The van der Waals surface area contributed by atoms with Crippen molar-refractivity contribution >= 4 is 17.5 Å². The number of likely N-dealkylation sites (N-methyl/N-ethyl adjacent to an activating group) is 1. The van der Waals surface area contributed by atoms with Gasteiger partial charge >= 0.3 is 0 Å². The lowest BCUT2D eigenvalue weighted by Gasteiger charge is -2.43. The van der Waals surface area contributed by atoms with E-state index in [1.54, 1.807) is 18.5 Å². The number of benzene rings is 1. The first-order valence-electron chi connectivity index (χ1n) is 11.5. The molecule has 4 heterocycles. The number of hydrogen-bond donors (Lipinski definition) is 0. The molecule has 0 N–H and O–H groups in total. The minimum atomic E-state index is 0.0277. The molecule has 2 aliphatic heterocycles. The van der Waals surface area contributed by atoms with Crippen molar-refractivity contribution in [3.63, 3.8) is 0 Å². The topological polar surface area (TPSA) is 63.5 Å². The summed E-state index contributed by atoms with van der Waals surface area (Å²) in [4.78, 5) is 21.5. The van der Waals surface area contributed by atoms with Gasteiger partial charge in [-0.15, -0.1) is 0 Å². The molecule has 34 heavy (non-hydrogen) atoms. The third-order valence-corrected chi connectivity index (χ3v) is 6.70. The summed E-state index contributed by atoms with van der Waals surface area (Å²) < 4.78 is 7.56. The summed E-state index contributed by atoms with van der Waals surface area (Å²) >= 11 is 6.15. The Balaban J connectivity index is 1.58. The van der Waals surface area contributed by atoms with Gasteiger partial charge in [-0.25, -0.2) is 0 Å². The molecule has 0 spiro atoms. The van der Waals surface area contributed by atoms with Crippen molar-refractivity contribution in [1.82, 2.24) is 24.6 Å². The number of pyridine rings is 1. The molecule has 176 valence electrons. The summed E-state index contributed by atoms with van der Waals surface area (Å²) in [6.45, 7) is 3.20. The van der Waals surface area contributed by atoms with E-state index in [0.29, 0.717) is 37.2 Å². The number of fused-ring (bicyclic) bond motifs is 1. The molecule has 0 bridgehead atoms. The van der Waals surface area contributed by atoms with Crippen LogP contribution in [-0.4, -0.2) is 70.4 Å². The lowest BCUT2D eigenvalue weighted by Crippen LogP contribution is -2.54. The van der Waals surface area contributed by atoms with Crippen molar-refractivity contribution in [2.24, 2.45) is 5.92 Å². The van der Waals surface area contributed by atoms with Gasteiger partial charge in [-0.2, -0.15) is 5.10 Å². The van der Waals surface area contributed by atoms with Crippen LogP contribution in [0.2, 0.25) is 5.02 Å². The minimum Gasteiger partial charge on any atom is -0.381 e. The highest BCUT2D eigenvalue weighted by Gasteiger charge is 2.40. The van der Waals surface area contributed by atoms with Crippen LogP contribution in [0.5, 0.6) is 0 Å². The molecule has 1 saturated heterocycles. The van der Waals surface area contributed by atoms with E-state index >= 15 is 0 Å². The first kappa shape index (κ1) is 22.8. The van der Waals surface area contributed by atoms with Gasteiger partial charge in [-0.1, -0.05) is 29.8 Å². The summed E-state index contributed by atoms with van der Waals surface area (Å²) in [6, 6.07) is 11.8. The van der Waals surface area contributed by atoms with Crippen LogP contribution in [0.25, 0.3) is 22.4 Å². The third-order valence-electron chi connectivity index (χ3n) is 6.45. The second-order valence-electron chi connectivity index (χ2n) is 9.09. The Morgan fingerprint density at radius 2 is 1.88 bits per heavy atom. The molecule has 0 radical (unpaired) electrons. The molecule has 8 heteroatoms. The molecule has 3 aromatic rings. The Bertz CT molecular complexity index is 1190. The molecule has 1 aromatic carbocycles. The van der Waals surface area contributed by atoms with Crippen molar-refractivity contribution < 1.29 is 9.53 Å². The van der Waals surface area contributed by atoms with E-state index in [4.69, 9.17) is 21.4 Å². The molecule has 1 amide bonds. The van der Waals surface area contributed by atoms with Crippen molar-refractivity contribution in [3.05, 3.63) is 71.7 Å². The number of rotatable bonds is 6. The van der Waals surface area contributed by atoms with E-state index in [0.717, 1.165) is 34.6 Å². The van der Waals surface area contributed by atoms with Crippen LogP contribution >= 0.6 is 11.6 Å². The fraction of sp³-hybridized carbons (Fsp3) is 0.346. The maximum Gasteiger partial charge on any atom is 0.246 e. The summed E-state index contributed by atoms with van der Waals surface area (Å²) in [5, 5.41) is 5.73. The summed E-state index contributed by atoms with van der Waals surface area (Å²) in [6.07, 6.45) is 7.20. The van der Waals surface area contributed by atoms with Gasteiger partial charge in [-0.05, 0) is 43.9 Å². The van der Waals surface area contributed by atoms with Crippen LogP contribution < -0.4 is 0 Å². The molecule has 1 unspecified atom stereocenters. The zero-order valence-corrected chi connectivity index (χ0v) is 20.2. The number of hydrogen-bond acceptors (Lipinski definition) is 5. The van der Waals surface area contributed by atoms with Crippen LogP contribution in [0.1, 0.15) is 5.69 Å². The number of aromatic nitrogens is 3. The molecule has 7 nitrogen and oxygen atoms in total. The monoisotopic (exact) mass is 477 g/mol. The number of carbonyl (C=O) groups is 1. The number of amides is 1. The highest BCUT2D eigenvalue weighted by atomic mass is 35.5. The molecule has 5 rings (SSSR count). The number of nitrogens with zero attached hydrogens (tertiary/aromatic N) is 5. The predicted molar refractivity (Wildman–Crippen MR) is 132 cm³/mol. The molecular weight excluding hydrogens is 450 g/mol. The maximum absolute atomic E-state index is 13.3. The minimum absolute atomic E-state index is 0.0277. The zero-order chi connectivity index (χ0) is 23.7. The van der Waals surface area contributed by atoms with E-state index in [1.807, 2.05) is 66.4 Å². The average Bonchev–Trinajstić information content (AvgIpc) is 3.16. The van der Waals surface area contributed by atoms with E-state index < -0.39 is 0 Å². The second-order valence-corrected chi connectivity index (χ2v) is 9.53. The second kappa shape index (κ2) is 9.70. The standard InChI is InChI=1S/C26H28ClN5O2/c1-30(2)13-3-4-24(33)31-14-23-25(18-9-11-28-12-10-18)26(19-5-7-21(27)8-6-19)29-32(23)15-22(31)20-16-34-17-20/h3-12,20,22H,13-17H2,1-2H3/b4-3+. The van der Waals surface area contributed by atoms with E-state index in [2.05, 4.69) is 9.67 Å². The van der Waals surface area contributed by atoms with E-state index in [9.17, 15) is 4.79 Å². The highest BCUT2D eigenvalue weighted by molar-refractivity contribution is 6.30. The first-order valence-corrected chi connectivity index (χ1v) is 11.8. The fourth-order valence-electron chi connectivity index (χ4n) is 4.58. The van der Waals surface area contributed by atoms with Gasteiger partial charge in [0.25, 0.3) is 0 Å². The molecule has 0 aliphatic carbocycles. The van der Waals surface area contributed by atoms with Gasteiger partial charge in [0.05, 0.1) is 38.0 Å². The maximum atomic E-state index is 13.3. The quantitative estimate of drug-likeness (QED) is 0.506. The SMILES string of the molecule is CN(C)C/C=C/C(=O)N1Cc2c(-c3ccncc3)c(-c3ccc(Cl)cc3)nn2CC1C1COC1. The Kier molecular flexibility index (Phi) is 6.50. The van der Waals surface area contributed by atoms with Crippen LogP contribution in [0.15, 0.2) is 60.9 Å². The Morgan fingerprint density at radius 1 is 1.15 bits per heavy atom. The molecule has 2 aliphatic rings. The van der Waals surface area contributed by atoms with Gasteiger partial charge in [0.1, 0.15) is 5.69 Å². The largest absolute Gasteiger partial charge is 0.381 e. The Labute approximate surface area is 204 Å². The van der Waals surface area contributed by atoms with Gasteiger partial charge in [-0.3, -0.25) is 14.5 Å². The number of carbonyl (C=O) groups excluding carboxylic acids is 1. The highest BCUT2D eigenvalue weighted by Crippen LogP contribution is 2.39. The van der Waals surface area contributed by atoms with Crippen LogP contribution in [0.4, 0.5) is 0 Å². The zero-order valence-electron chi connectivity index (χ0n) is 19.4. The van der Waals surface area contributed by atoms with Gasteiger partial charge < -0.3 is 14.5 Å². The molecule has 0 saturated carbocycles. The molecular formula is C26H28ClN5O2. The van der Waals surface area contributed by atoms with Crippen molar-refractivity contribution in [2.75, 3.05) is 33.9 Å². The fourth-order valence-corrected chi connectivity index (χ4v) is 4.70. The summed E-state index contributed by atoms with van der Waals surface area (Å²) in [5.74, 6) is 0.340. The van der Waals surface area contributed by atoms with E-state index in [1.165, 1.54) is 0 Å². The van der Waals surface area contributed by atoms with Gasteiger partial charge in [0.15, 0.2) is 0 Å². The normalized spacial score (nSPS) is 18.4. The molecule has 1 fully saturated rings. The van der Waals surface area contributed by atoms with Crippen molar-refractivity contribution in [3.8, 4) is 22.4 Å². The van der Waals surface area contributed by atoms with Gasteiger partial charge in [0, 0.05) is 47.1 Å². The number of ether oxygens (including phenoxy) is 1.